The van der Waals surface area contributed by atoms with E-state index in [1.165, 1.54) is 0 Å². The molecule has 0 saturated carbocycles. The molecule has 176 valence electrons. The molecule has 5 aromatic rings. The number of ketones is 2. The molecule has 0 N–H and O–H groups in total. The molecular weight excluding hydrogens is 440 g/mol. The van der Waals surface area contributed by atoms with Crippen LogP contribution in [0, 0.1) is 0 Å². The van der Waals surface area contributed by atoms with Crippen LogP contribution in [0.4, 0.5) is 0 Å². The first kappa shape index (κ1) is 24.6. The number of rotatable bonds is 7. The molecule has 2 heteroatoms. The lowest BCUT2D eigenvalue weighted by Gasteiger charge is -2.26. The largest absolute Gasteiger partial charge is 0.293 e. The molecule has 0 bridgehead atoms. The Morgan fingerprint density at radius 1 is 0.333 bits per heavy atom. The van der Waals surface area contributed by atoms with Crippen LogP contribution in [-0.2, 0) is 0 Å². The van der Waals surface area contributed by atoms with Crippen molar-refractivity contribution < 1.29 is 9.59 Å². The summed E-state index contributed by atoms with van der Waals surface area (Å²) in [4.78, 5) is 27.5. The SMILES string of the molecule is O=C(c1ccccc1)[C@H](c1ccccc1)[C@@H](C(=O)c1ccccc1)c1ccccc1.c1ccccc1. The monoisotopic (exact) mass is 468 g/mol. The molecule has 5 rings (SSSR count). The van der Waals surface area contributed by atoms with E-state index in [-0.39, 0.29) is 11.6 Å². The second kappa shape index (κ2) is 12.8. The van der Waals surface area contributed by atoms with Gasteiger partial charge in [0.2, 0.25) is 0 Å². The van der Waals surface area contributed by atoms with Gasteiger partial charge in [-0.2, -0.15) is 0 Å². The fraction of sp³-hybridized carbons (Fsp3) is 0.0588. The summed E-state index contributed by atoms with van der Waals surface area (Å²) >= 11 is 0. The van der Waals surface area contributed by atoms with E-state index >= 15 is 0 Å². The molecule has 0 unspecified atom stereocenters. The van der Waals surface area contributed by atoms with Crippen LogP contribution in [0.5, 0.6) is 0 Å². The summed E-state index contributed by atoms with van der Waals surface area (Å²) < 4.78 is 0. The number of Topliss-reactive ketones (excluding diaryl/α,β-unsaturated/α-hetero) is 2. The Labute approximate surface area is 212 Å². The highest BCUT2D eigenvalue weighted by Gasteiger charge is 2.36. The molecule has 0 heterocycles. The van der Waals surface area contributed by atoms with E-state index in [0.29, 0.717) is 11.1 Å². The Morgan fingerprint density at radius 2 is 0.556 bits per heavy atom. The summed E-state index contributed by atoms with van der Waals surface area (Å²) in [6.07, 6.45) is 0. The summed E-state index contributed by atoms with van der Waals surface area (Å²) in [5.74, 6) is -1.35. The van der Waals surface area contributed by atoms with Gasteiger partial charge in [-0.1, -0.05) is 158 Å². The third kappa shape index (κ3) is 6.31. The van der Waals surface area contributed by atoms with Gasteiger partial charge in [0.15, 0.2) is 11.6 Å². The van der Waals surface area contributed by atoms with Crippen molar-refractivity contribution in [1.82, 2.24) is 0 Å². The Bertz CT molecular complexity index is 1210. The topological polar surface area (TPSA) is 34.1 Å². The van der Waals surface area contributed by atoms with E-state index in [1.54, 1.807) is 0 Å². The third-order valence-electron chi connectivity index (χ3n) is 6.00. The van der Waals surface area contributed by atoms with Crippen LogP contribution in [0.25, 0.3) is 0 Å². The van der Waals surface area contributed by atoms with Crippen molar-refractivity contribution in [3.8, 4) is 0 Å². The first-order valence-electron chi connectivity index (χ1n) is 12.0. The second-order valence-electron chi connectivity index (χ2n) is 8.39. The van der Waals surface area contributed by atoms with Crippen LogP contribution in [0.3, 0.4) is 0 Å². The van der Waals surface area contributed by atoms with E-state index in [0.717, 1.165) is 11.1 Å². The molecule has 2 nitrogen and oxygen atoms in total. The van der Waals surface area contributed by atoms with E-state index in [9.17, 15) is 9.59 Å². The fourth-order valence-corrected chi connectivity index (χ4v) is 4.26. The maximum Gasteiger partial charge on any atom is 0.171 e. The average Bonchev–Trinajstić information content (AvgIpc) is 2.98. The molecule has 0 aliphatic rings. The molecule has 0 aliphatic carbocycles. The molecule has 0 aromatic heterocycles. The smallest absolute Gasteiger partial charge is 0.171 e. The maximum atomic E-state index is 13.7. The van der Waals surface area contributed by atoms with Gasteiger partial charge in [-0.25, -0.2) is 0 Å². The van der Waals surface area contributed by atoms with Crippen LogP contribution >= 0.6 is 0 Å². The zero-order valence-corrected chi connectivity index (χ0v) is 20.0. The van der Waals surface area contributed by atoms with Crippen molar-refractivity contribution in [3.05, 3.63) is 180 Å². The highest BCUT2D eigenvalue weighted by molar-refractivity contribution is 6.09. The summed E-state index contributed by atoms with van der Waals surface area (Å²) in [6.45, 7) is 0. The van der Waals surface area contributed by atoms with Gasteiger partial charge >= 0.3 is 0 Å². The second-order valence-corrected chi connectivity index (χ2v) is 8.39. The van der Waals surface area contributed by atoms with E-state index in [1.807, 2.05) is 158 Å². The van der Waals surface area contributed by atoms with E-state index < -0.39 is 11.8 Å². The molecular formula is C34H28O2. The van der Waals surface area contributed by atoms with Gasteiger partial charge in [0, 0.05) is 11.1 Å². The molecule has 0 radical (unpaired) electrons. The fourth-order valence-electron chi connectivity index (χ4n) is 4.26. The highest BCUT2D eigenvalue weighted by atomic mass is 16.1. The van der Waals surface area contributed by atoms with Crippen LogP contribution in [0.2, 0.25) is 0 Å². The van der Waals surface area contributed by atoms with Gasteiger partial charge in [-0.3, -0.25) is 9.59 Å². The normalized spacial score (nSPS) is 11.9. The first-order valence-corrected chi connectivity index (χ1v) is 12.0. The Morgan fingerprint density at radius 3 is 0.833 bits per heavy atom. The number of carbonyl (C=O) groups is 2. The average molecular weight is 469 g/mol. The van der Waals surface area contributed by atoms with Gasteiger partial charge in [-0.05, 0) is 11.1 Å². The van der Waals surface area contributed by atoms with Crippen LogP contribution < -0.4 is 0 Å². The zero-order valence-electron chi connectivity index (χ0n) is 20.0. The number of carbonyl (C=O) groups excluding carboxylic acids is 2. The van der Waals surface area contributed by atoms with Gasteiger partial charge < -0.3 is 0 Å². The Kier molecular flexibility index (Phi) is 8.72. The minimum absolute atomic E-state index is 0.0556. The van der Waals surface area contributed by atoms with Gasteiger partial charge in [0.25, 0.3) is 0 Å². The maximum absolute atomic E-state index is 13.7. The molecule has 2 atom stereocenters. The Balaban J connectivity index is 0.000000445. The predicted octanol–water partition coefficient (Wildman–Crippen LogP) is 8.01. The lowest BCUT2D eigenvalue weighted by Crippen LogP contribution is -2.27. The van der Waals surface area contributed by atoms with E-state index in [2.05, 4.69) is 0 Å². The molecule has 5 aromatic carbocycles. The van der Waals surface area contributed by atoms with Gasteiger partial charge in [0.1, 0.15) is 0 Å². The minimum Gasteiger partial charge on any atom is -0.293 e. The van der Waals surface area contributed by atoms with Gasteiger partial charge in [-0.15, -0.1) is 0 Å². The van der Waals surface area contributed by atoms with E-state index in [4.69, 9.17) is 0 Å². The van der Waals surface area contributed by atoms with Gasteiger partial charge in [0.05, 0.1) is 11.8 Å². The van der Waals surface area contributed by atoms with Crippen LogP contribution in [0.15, 0.2) is 158 Å². The minimum atomic E-state index is -0.622. The molecule has 0 fully saturated rings. The standard InChI is InChI=1S/C28H22O2.C6H6/c29-27(23-17-9-3-10-18-23)25(21-13-5-1-6-14-21)26(22-15-7-2-8-16-22)28(30)24-19-11-4-12-20-24;1-2-4-6-5-3-1/h1-20,25-26H;1-6H/t25-,26+;. The summed E-state index contributed by atoms with van der Waals surface area (Å²) in [5, 5.41) is 0. The molecule has 0 aliphatic heterocycles. The quantitative estimate of drug-likeness (QED) is 0.227. The lowest BCUT2D eigenvalue weighted by atomic mass is 9.73. The molecule has 0 spiro atoms. The van der Waals surface area contributed by atoms with Crippen molar-refractivity contribution in [3.63, 3.8) is 0 Å². The Hall–Kier alpha value is -4.56. The first-order chi connectivity index (χ1) is 17.8. The summed E-state index contributed by atoms with van der Waals surface area (Å²) in [7, 11) is 0. The van der Waals surface area contributed by atoms with Crippen molar-refractivity contribution in [2.75, 3.05) is 0 Å². The third-order valence-corrected chi connectivity index (χ3v) is 6.00. The molecule has 36 heavy (non-hydrogen) atoms. The number of hydrogen-bond acceptors (Lipinski definition) is 2. The van der Waals surface area contributed by atoms with Crippen molar-refractivity contribution in [2.45, 2.75) is 11.8 Å². The van der Waals surface area contributed by atoms with Crippen molar-refractivity contribution >= 4 is 11.6 Å². The highest BCUT2D eigenvalue weighted by Crippen LogP contribution is 2.38. The summed E-state index contributed by atoms with van der Waals surface area (Å²) in [5.41, 5.74) is 2.88. The number of hydrogen-bond donors (Lipinski definition) is 0. The molecule has 0 amide bonds. The van der Waals surface area contributed by atoms with Crippen molar-refractivity contribution in [1.29, 1.82) is 0 Å². The van der Waals surface area contributed by atoms with Crippen LogP contribution in [-0.4, -0.2) is 11.6 Å². The van der Waals surface area contributed by atoms with Crippen molar-refractivity contribution in [2.24, 2.45) is 0 Å². The predicted molar refractivity (Wildman–Crippen MR) is 146 cm³/mol. The number of benzene rings is 5. The lowest BCUT2D eigenvalue weighted by molar-refractivity contribution is 0.0866. The molecule has 0 saturated heterocycles. The zero-order chi connectivity index (χ0) is 25.0. The summed E-state index contributed by atoms with van der Waals surface area (Å²) in [6, 6.07) is 49.6. The van der Waals surface area contributed by atoms with Crippen LogP contribution in [0.1, 0.15) is 43.7 Å².